The second-order valence-electron chi connectivity index (χ2n) is 12.5. The van der Waals surface area contributed by atoms with Crippen LogP contribution < -0.4 is 0 Å². The third-order valence-electron chi connectivity index (χ3n) is 9.42. The number of nitrogens with zero attached hydrogens (tertiary/aromatic N) is 3. The fourth-order valence-electron chi connectivity index (χ4n) is 7.09. The third kappa shape index (κ3) is 4.14. The number of hydrogen-bond donors (Lipinski definition) is 0. The molecule has 0 unspecified atom stereocenters. The Balaban J connectivity index is 1.19. The minimum absolute atomic E-state index is 0.230. The molecule has 0 bridgehead atoms. The Morgan fingerprint density at radius 3 is 1.93 bits per heavy atom. The molecule has 8 aromatic rings. The molecule has 1 aliphatic rings. The maximum atomic E-state index is 5.33. The summed E-state index contributed by atoms with van der Waals surface area (Å²) in [4.78, 5) is 14.7. The molecule has 0 fully saturated rings. The van der Waals surface area contributed by atoms with Crippen LogP contribution in [0.3, 0.4) is 0 Å². The van der Waals surface area contributed by atoms with Crippen molar-refractivity contribution in [1.82, 2.24) is 15.0 Å². The first kappa shape index (κ1) is 26.9. The van der Waals surface area contributed by atoms with Crippen molar-refractivity contribution in [2.24, 2.45) is 0 Å². The summed E-state index contributed by atoms with van der Waals surface area (Å²) >= 11 is 1.87. The minimum Gasteiger partial charge on any atom is -0.265 e. The number of aromatic nitrogens is 3. The number of rotatable bonds is 4. The summed E-state index contributed by atoms with van der Waals surface area (Å²) in [6, 6.07) is 45.6. The van der Waals surface area contributed by atoms with Crippen LogP contribution in [0.5, 0.6) is 0 Å². The Morgan fingerprint density at radius 1 is 0.500 bits per heavy atom. The van der Waals surface area contributed by atoms with Gasteiger partial charge in [-0.3, -0.25) is 4.98 Å². The van der Waals surface area contributed by atoms with Gasteiger partial charge in [-0.2, -0.15) is 0 Å². The van der Waals surface area contributed by atoms with E-state index in [1.807, 2.05) is 35.9 Å². The van der Waals surface area contributed by atoms with Gasteiger partial charge in [0.2, 0.25) is 0 Å². The monoisotopic (exact) mass is 607 g/mol. The molecular formula is C42H29N3S. The second-order valence-corrected chi connectivity index (χ2v) is 13.5. The van der Waals surface area contributed by atoms with Crippen molar-refractivity contribution in [2.75, 3.05) is 0 Å². The van der Waals surface area contributed by atoms with Crippen LogP contribution in [0.25, 0.3) is 76.3 Å². The standard InChI is InChI=1S/C42H29N3S/c1-42(2)35-12-5-3-9-34(35)39-37(42)38(44-41(45-39)30-20-14-26(15-21-30)27-22-24-43-25-23-27)29-18-16-28(17-19-29)31-10-7-11-33-32-8-4-6-13-36(32)46-40(31)33/h3-25H,1-2H3. The summed E-state index contributed by atoms with van der Waals surface area (Å²) < 4.78 is 2.65. The highest BCUT2D eigenvalue weighted by Gasteiger charge is 2.40. The molecule has 5 aromatic carbocycles. The molecule has 3 nitrogen and oxygen atoms in total. The van der Waals surface area contributed by atoms with Crippen LogP contribution in [0.2, 0.25) is 0 Å². The van der Waals surface area contributed by atoms with Crippen molar-refractivity contribution in [2.45, 2.75) is 19.3 Å². The van der Waals surface area contributed by atoms with Crippen LogP contribution in [0.1, 0.15) is 25.0 Å². The van der Waals surface area contributed by atoms with E-state index in [0.29, 0.717) is 0 Å². The van der Waals surface area contributed by atoms with Gasteiger partial charge >= 0.3 is 0 Å². The molecule has 0 amide bonds. The first-order valence-corrected chi connectivity index (χ1v) is 16.4. The zero-order valence-corrected chi connectivity index (χ0v) is 26.3. The van der Waals surface area contributed by atoms with Gasteiger partial charge in [-0.25, -0.2) is 9.97 Å². The van der Waals surface area contributed by atoms with Gasteiger partial charge in [-0.1, -0.05) is 123 Å². The molecule has 4 heteroatoms. The summed E-state index contributed by atoms with van der Waals surface area (Å²) in [6.07, 6.45) is 3.65. The van der Waals surface area contributed by atoms with Crippen LogP contribution in [-0.4, -0.2) is 15.0 Å². The van der Waals surface area contributed by atoms with Crippen LogP contribution in [-0.2, 0) is 5.41 Å². The summed E-state index contributed by atoms with van der Waals surface area (Å²) in [5.41, 5.74) is 12.3. The van der Waals surface area contributed by atoms with Gasteiger partial charge in [0.1, 0.15) is 0 Å². The first-order chi connectivity index (χ1) is 22.6. The smallest absolute Gasteiger partial charge is 0.160 e. The lowest BCUT2D eigenvalue weighted by molar-refractivity contribution is 0.658. The maximum Gasteiger partial charge on any atom is 0.160 e. The van der Waals surface area contributed by atoms with Crippen LogP contribution in [0, 0.1) is 0 Å². The van der Waals surface area contributed by atoms with E-state index < -0.39 is 0 Å². The van der Waals surface area contributed by atoms with Crippen molar-refractivity contribution in [3.63, 3.8) is 0 Å². The highest BCUT2D eigenvalue weighted by atomic mass is 32.1. The predicted molar refractivity (Wildman–Crippen MR) is 192 cm³/mol. The van der Waals surface area contributed by atoms with Crippen molar-refractivity contribution in [3.8, 4) is 56.2 Å². The van der Waals surface area contributed by atoms with Gasteiger partial charge < -0.3 is 0 Å². The van der Waals surface area contributed by atoms with E-state index in [0.717, 1.165) is 39.5 Å². The van der Waals surface area contributed by atoms with E-state index in [4.69, 9.17) is 9.97 Å². The topological polar surface area (TPSA) is 38.7 Å². The van der Waals surface area contributed by atoms with Gasteiger partial charge in [0.05, 0.1) is 11.4 Å². The van der Waals surface area contributed by atoms with Gasteiger partial charge in [0.15, 0.2) is 5.82 Å². The lowest BCUT2D eigenvalue weighted by Crippen LogP contribution is -2.17. The van der Waals surface area contributed by atoms with E-state index >= 15 is 0 Å². The molecule has 0 saturated carbocycles. The summed E-state index contributed by atoms with van der Waals surface area (Å²) in [6.45, 7) is 4.59. The quantitative estimate of drug-likeness (QED) is 0.200. The van der Waals surface area contributed by atoms with Crippen molar-refractivity contribution in [3.05, 3.63) is 151 Å². The Kier molecular flexibility index (Phi) is 6.02. The minimum atomic E-state index is -0.230. The van der Waals surface area contributed by atoms with E-state index in [1.165, 1.54) is 48.0 Å². The van der Waals surface area contributed by atoms with Gasteiger partial charge in [-0.15, -0.1) is 11.3 Å². The average Bonchev–Trinajstić information content (AvgIpc) is 3.61. The van der Waals surface area contributed by atoms with Crippen LogP contribution >= 0.6 is 11.3 Å². The third-order valence-corrected chi connectivity index (χ3v) is 10.6. The van der Waals surface area contributed by atoms with Crippen molar-refractivity contribution < 1.29 is 0 Å². The summed E-state index contributed by atoms with van der Waals surface area (Å²) in [5.74, 6) is 0.738. The molecule has 0 aliphatic heterocycles. The number of fused-ring (bicyclic) bond motifs is 6. The Hall–Kier alpha value is -5.45. The molecular weight excluding hydrogens is 579 g/mol. The summed E-state index contributed by atoms with van der Waals surface area (Å²) in [5, 5.41) is 2.63. The molecule has 3 heterocycles. The van der Waals surface area contributed by atoms with Crippen LogP contribution in [0.15, 0.2) is 140 Å². The molecule has 218 valence electrons. The summed E-state index contributed by atoms with van der Waals surface area (Å²) in [7, 11) is 0. The molecule has 3 aromatic heterocycles. The van der Waals surface area contributed by atoms with Crippen LogP contribution in [0.4, 0.5) is 0 Å². The highest BCUT2D eigenvalue weighted by molar-refractivity contribution is 7.26. The fraction of sp³-hybridized carbons (Fsp3) is 0.0714. The number of thiophene rings is 1. The molecule has 0 N–H and O–H groups in total. The van der Waals surface area contributed by atoms with E-state index in [9.17, 15) is 0 Å². The fourth-order valence-corrected chi connectivity index (χ4v) is 8.33. The van der Waals surface area contributed by atoms with Crippen molar-refractivity contribution in [1.29, 1.82) is 0 Å². The van der Waals surface area contributed by atoms with E-state index in [-0.39, 0.29) is 5.41 Å². The molecule has 0 radical (unpaired) electrons. The molecule has 0 atom stereocenters. The van der Waals surface area contributed by atoms with Gasteiger partial charge in [0, 0.05) is 60.2 Å². The maximum absolute atomic E-state index is 5.33. The molecule has 1 aliphatic carbocycles. The molecule has 9 rings (SSSR count). The Labute approximate surface area is 271 Å². The highest BCUT2D eigenvalue weighted by Crippen LogP contribution is 2.51. The number of pyridine rings is 1. The van der Waals surface area contributed by atoms with E-state index in [1.54, 1.807) is 0 Å². The average molecular weight is 608 g/mol. The largest absolute Gasteiger partial charge is 0.265 e. The first-order valence-electron chi connectivity index (χ1n) is 15.6. The molecule has 46 heavy (non-hydrogen) atoms. The second kappa shape index (κ2) is 10.3. The molecule has 0 saturated heterocycles. The number of hydrogen-bond acceptors (Lipinski definition) is 4. The van der Waals surface area contributed by atoms with E-state index in [2.05, 4.69) is 134 Å². The zero-order chi connectivity index (χ0) is 30.8. The SMILES string of the molecule is CC1(C)c2ccccc2-c2nc(-c3ccc(-c4ccncc4)cc3)nc(-c3ccc(-c4cccc5c4sc4ccccc45)cc3)c21. The van der Waals surface area contributed by atoms with Gasteiger partial charge in [-0.05, 0) is 46.0 Å². The Bertz CT molecular complexity index is 2420. The predicted octanol–water partition coefficient (Wildman–Crippen LogP) is 11.2. The van der Waals surface area contributed by atoms with Crippen molar-refractivity contribution >= 4 is 31.5 Å². The zero-order valence-electron chi connectivity index (χ0n) is 25.5. The molecule has 0 spiro atoms. The van der Waals surface area contributed by atoms with Gasteiger partial charge in [0.25, 0.3) is 0 Å². The lowest BCUT2D eigenvalue weighted by atomic mass is 9.80. The number of benzene rings is 5. The normalized spacial score (nSPS) is 13.2. The Morgan fingerprint density at radius 2 is 1.11 bits per heavy atom. The lowest BCUT2D eigenvalue weighted by Gasteiger charge is -2.24.